The molecule has 0 spiro atoms. The molecule has 24 heavy (non-hydrogen) atoms. The van der Waals surface area contributed by atoms with Gasteiger partial charge in [-0.15, -0.1) is 0 Å². The number of benzene rings is 1. The predicted molar refractivity (Wildman–Crippen MR) is 102 cm³/mol. The van der Waals surface area contributed by atoms with Crippen molar-refractivity contribution >= 4 is 10.9 Å². The van der Waals surface area contributed by atoms with E-state index in [1.807, 2.05) is 0 Å². The zero-order valence-electron chi connectivity index (χ0n) is 15.2. The molecular weight excluding hydrogens is 294 g/mol. The monoisotopic (exact) mass is 325 g/mol. The Labute approximate surface area is 145 Å². The molecule has 1 aromatic heterocycles. The van der Waals surface area contributed by atoms with E-state index in [-0.39, 0.29) is 0 Å². The van der Waals surface area contributed by atoms with E-state index in [1.165, 1.54) is 80.3 Å². The molecule has 1 aromatic carbocycles. The van der Waals surface area contributed by atoms with Crippen LogP contribution in [-0.2, 0) is 6.42 Å². The van der Waals surface area contributed by atoms with Crippen LogP contribution >= 0.6 is 0 Å². The fourth-order valence-corrected chi connectivity index (χ4v) is 4.67. The van der Waals surface area contributed by atoms with E-state index >= 15 is 0 Å². The third-order valence-electron chi connectivity index (χ3n) is 5.93. The van der Waals surface area contributed by atoms with E-state index in [0.717, 1.165) is 0 Å². The first kappa shape index (κ1) is 16.2. The molecule has 130 valence electrons. The molecule has 2 aromatic rings. The molecule has 0 saturated carbocycles. The van der Waals surface area contributed by atoms with Crippen molar-refractivity contribution in [2.45, 2.75) is 64.5 Å². The summed E-state index contributed by atoms with van der Waals surface area (Å²) in [6.07, 6.45) is 7.68. The van der Waals surface area contributed by atoms with Crippen LogP contribution in [0.3, 0.4) is 0 Å². The summed E-state index contributed by atoms with van der Waals surface area (Å²) in [5.41, 5.74) is 5.72. The van der Waals surface area contributed by atoms with E-state index in [9.17, 15) is 0 Å². The maximum Gasteiger partial charge on any atom is 0.0478 e. The van der Waals surface area contributed by atoms with E-state index in [4.69, 9.17) is 0 Å². The Hall–Kier alpha value is -1.32. The third-order valence-corrected chi connectivity index (χ3v) is 5.93. The molecule has 2 heterocycles. The van der Waals surface area contributed by atoms with Crippen molar-refractivity contribution < 1.29 is 0 Å². The van der Waals surface area contributed by atoms with Gasteiger partial charge in [0.2, 0.25) is 0 Å². The maximum absolute atomic E-state index is 3.99. The van der Waals surface area contributed by atoms with Gasteiger partial charge in [-0.25, -0.2) is 0 Å². The maximum atomic E-state index is 3.99. The molecule has 4 rings (SSSR count). The number of nitrogens with zero attached hydrogens (tertiary/aromatic N) is 1. The van der Waals surface area contributed by atoms with Gasteiger partial charge in [0.1, 0.15) is 0 Å². The number of aromatic amines is 1. The molecule has 1 unspecified atom stereocenters. The number of H-pyrrole nitrogens is 1. The van der Waals surface area contributed by atoms with Gasteiger partial charge >= 0.3 is 0 Å². The molecular formula is C21H31N3. The number of hydrogen-bond acceptors (Lipinski definition) is 2. The van der Waals surface area contributed by atoms with Gasteiger partial charge in [0.25, 0.3) is 0 Å². The summed E-state index contributed by atoms with van der Waals surface area (Å²) in [6.45, 7) is 8.27. The first-order chi connectivity index (χ1) is 11.7. The van der Waals surface area contributed by atoms with Crippen molar-refractivity contribution in [2.75, 3.05) is 19.6 Å². The Morgan fingerprint density at radius 1 is 1.21 bits per heavy atom. The van der Waals surface area contributed by atoms with Gasteiger partial charge in [0.05, 0.1) is 0 Å². The summed E-state index contributed by atoms with van der Waals surface area (Å²) < 4.78 is 0. The van der Waals surface area contributed by atoms with Crippen LogP contribution in [0.15, 0.2) is 18.2 Å². The molecule has 0 bridgehead atoms. The van der Waals surface area contributed by atoms with Crippen LogP contribution in [0.25, 0.3) is 10.9 Å². The van der Waals surface area contributed by atoms with E-state index in [1.54, 1.807) is 5.56 Å². The molecule has 0 radical (unpaired) electrons. The van der Waals surface area contributed by atoms with Crippen LogP contribution in [0.4, 0.5) is 0 Å². The highest BCUT2D eigenvalue weighted by atomic mass is 15.1. The van der Waals surface area contributed by atoms with Crippen LogP contribution in [0.5, 0.6) is 0 Å². The van der Waals surface area contributed by atoms with Crippen molar-refractivity contribution in [1.29, 1.82) is 0 Å². The predicted octanol–water partition coefficient (Wildman–Crippen LogP) is 4.32. The van der Waals surface area contributed by atoms with E-state index in [2.05, 4.69) is 47.2 Å². The number of aromatic nitrogens is 1. The van der Waals surface area contributed by atoms with Gasteiger partial charge < -0.3 is 15.2 Å². The van der Waals surface area contributed by atoms with Crippen molar-refractivity contribution in [2.24, 2.45) is 0 Å². The van der Waals surface area contributed by atoms with Crippen molar-refractivity contribution in [3.8, 4) is 0 Å². The van der Waals surface area contributed by atoms with E-state index < -0.39 is 0 Å². The van der Waals surface area contributed by atoms with Crippen molar-refractivity contribution in [1.82, 2.24) is 15.2 Å². The van der Waals surface area contributed by atoms with Crippen LogP contribution in [0, 0.1) is 6.92 Å². The highest BCUT2D eigenvalue weighted by molar-refractivity contribution is 5.85. The van der Waals surface area contributed by atoms with Gasteiger partial charge in [0, 0.05) is 28.7 Å². The van der Waals surface area contributed by atoms with Crippen LogP contribution in [0.2, 0.25) is 0 Å². The molecule has 1 atom stereocenters. The fourth-order valence-electron chi connectivity index (χ4n) is 4.67. The summed E-state index contributed by atoms with van der Waals surface area (Å²) >= 11 is 0. The van der Waals surface area contributed by atoms with E-state index in [0.29, 0.717) is 12.1 Å². The van der Waals surface area contributed by atoms with Gasteiger partial charge in [-0.2, -0.15) is 0 Å². The quantitative estimate of drug-likeness (QED) is 0.877. The minimum absolute atomic E-state index is 0.518. The third kappa shape index (κ3) is 3.12. The number of rotatable bonds is 4. The summed E-state index contributed by atoms with van der Waals surface area (Å²) in [6, 6.07) is 8.03. The number of nitrogens with one attached hydrogen (secondary N) is 2. The minimum atomic E-state index is 0.518. The smallest absolute Gasteiger partial charge is 0.0478 e. The average Bonchev–Trinajstić information content (AvgIpc) is 2.96. The average molecular weight is 326 g/mol. The second kappa shape index (κ2) is 6.89. The van der Waals surface area contributed by atoms with Crippen LogP contribution in [0.1, 0.15) is 61.9 Å². The van der Waals surface area contributed by atoms with Gasteiger partial charge in [-0.3, -0.25) is 0 Å². The molecule has 3 heteroatoms. The first-order valence-electron chi connectivity index (χ1n) is 9.84. The lowest BCUT2D eigenvalue weighted by atomic mass is 9.90. The summed E-state index contributed by atoms with van der Waals surface area (Å²) in [7, 11) is 0. The summed E-state index contributed by atoms with van der Waals surface area (Å²) in [5.74, 6) is 0. The number of piperidine rings is 1. The Kier molecular flexibility index (Phi) is 4.64. The summed E-state index contributed by atoms with van der Waals surface area (Å²) in [5, 5.41) is 5.45. The SMILES string of the molecule is CCCN1CCC(NC2CCCc3c2[nH]c2ccc(C)cc32)CC1. The topological polar surface area (TPSA) is 31.1 Å². The second-order valence-electron chi connectivity index (χ2n) is 7.79. The number of aryl methyl sites for hydroxylation is 2. The number of fused-ring (bicyclic) bond motifs is 3. The zero-order valence-corrected chi connectivity index (χ0v) is 15.2. The molecule has 2 aliphatic rings. The van der Waals surface area contributed by atoms with Crippen LogP contribution in [-0.4, -0.2) is 35.6 Å². The lowest BCUT2D eigenvalue weighted by Crippen LogP contribution is -2.44. The molecule has 1 fully saturated rings. The molecule has 1 saturated heterocycles. The zero-order chi connectivity index (χ0) is 16.5. The number of hydrogen-bond donors (Lipinski definition) is 2. The second-order valence-corrected chi connectivity index (χ2v) is 7.79. The summed E-state index contributed by atoms with van der Waals surface area (Å²) in [4.78, 5) is 6.36. The molecule has 1 aliphatic carbocycles. The largest absolute Gasteiger partial charge is 0.357 e. The number of likely N-dealkylation sites (tertiary alicyclic amines) is 1. The lowest BCUT2D eigenvalue weighted by molar-refractivity contribution is 0.188. The fraction of sp³-hybridized carbons (Fsp3) is 0.619. The van der Waals surface area contributed by atoms with Gasteiger partial charge in [-0.05, 0) is 82.8 Å². The highest BCUT2D eigenvalue weighted by Crippen LogP contribution is 2.35. The Balaban J connectivity index is 1.49. The van der Waals surface area contributed by atoms with Crippen molar-refractivity contribution in [3.63, 3.8) is 0 Å². The molecule has 3 nitrogen and oxygen atoms in total. The Morgan fingerprint density at radius 3 is 2.83 bits per heavy atom. The highest BCUT2D eigenvalue weighted by Gasteiger charge is 2.27. The standard InChI is InChI=1S/C21H31N3/c1-3-11-24-12-9-16(10-13-24)22-20-6-4-5-17-18-14-15(2)7-8-19(18)23-21(17)20/h7-8,14,16,20,22-23H,3-6,9-13H2,1-2H3. The normalized spacial score (nSPS) is 22.8. The lowest BCUT2D eigenvalue weighted by Gasteiger charge is -2.35. The molecule has 2 N–H and O–H groups in total. The van der Waals surface area contributed by atoms with Crippen molar-refractivity contribution in [3.05, 3.63) is 35.0 Å². The first-order valence-corrected chi connectivity index (χ1v) is 9.84. The Bertz CT molecular complexity index is 694. The van der Waals surface area contributed by atoms with Crippen LogP contribution < -0.4 is 5.32 Å². The molecule has 0 amide bonds. The molecule has 1 aliphatic heterocycles. The minimum Gasteiger partial charge on any atom is -0.357 e. The Morgan fingerprint density at radius 2 is 2.04 bits per heavy atom. The van der Waals surface area contributed by atoms with Gasteiger partial charge in [0.15, 0.2) is 0 Å². The van der Waals surface area contributed by atoms with Gasteiger partial charge in [-0.1, -0.05) is 18.6 Å².